The third-order valence-electron chi connectivity index (χ3n) is 2.30. The third-order valence-corrected chi connectivity index (χ3v) is 2.30. The molecule has 1 aromatic carbocycles. The Kier molecular flexibility index (Phi) is 2.99. The van der Waals surface area contributed by atoms with Gasteiger partial charge in [0.05, 0.1) is 11.3 Å². The van der Waals surface area contributed by atoms with Gasteiger partial charge in [-0.1, -0.05) is 0 Å². The van der Waals surface area contributed by atoms with E-state index in [1.165, 1.54) is 4.98 Å². The predicted octanol–water partition coefficient (Wildman–Crippen LogP) is 3.79. The number of halogens is 8. The van der Waals surface area contributed by atoms with Gasteiger partial charge < -0.3 is 4.98 Å². The quantitative estimate of drug-likeness (QED) is 0.466. The first-order valence-electron chi connectivity index (χ1n) is 4.51. The fourth-order valence-electron chi connectivity index (χ4n) is 1.42. The first kappa shape index (κ1) is 13.4. The number of aromatic amines is 1. The van der Waals surface area contributed by atoms with Gasteiger partial charge in [0, 0.05) is 0 Å². The maximum absolute atomic E-state index is 13.3. The Bertz CT molecular complexity index is 646. The molecule has 9 heteroatoms. The number of nitrogens with one attached hydrogen (secondary N) is 1. The van der Waals surface area contributed by atoms with Gasteiger partial charge in [0.1, 0.15) is 0 Å². The summed E-state index contributed by atoms with van der Waals surface area (Å²) < 4.78 is 103. The zero-order valence-electron chi connectivity index (χ0n) is 8.52. The van der Waals surface area contributed by atoms with E-state index in [0.29, 0.717) is 0 Å². The molecule has 0 amide bonds. The van der Waals surface area contributed by atoms with Crippen LogP contribution >= 0.6 is 0 Å². The van der Waals surface area contributed by atoms with Crippen LogP contribution in [0.15, 0.2) is 0 Å². The van der Waals surface area contributed by atoms with E-state index in [9.17, 15) is 35.1 Å². The maximum atomic E-state index is 13.3. The van der Waals surface area contributed by atoms with Crippen molar-refractivity contribution in [2.75, 3.05) is 0 Å². The van der Waals surface area contributed by atoms with E-state index in [1.54, 1.807) is 0 Å². The van der Waals surface area contributed by atoms with Crippen molar-refractivity contribution >= 4 is 0 Å². The Labute approximate surface area is 99.0 Å². The maximum Gasteiger partial charge on any atom is 0.230 e. The molecule has 19 heavy (non-hydrogen) atoms. The van der Waals surface area contributed by atoms with Gasteiger partial charge in [-0.15, -0.1) is 0 Å². The van der Waals surface area contributed by atoms with Gasteiger partial charge in [0.25, 0.3) is 0 Å². The first-order chi connectivity index (χ1) is 8.77. The molecule has 2 aromatic rings. The SMILES string of the molecule is Fc1[nH]c(-c2c(F)c(F)c(F)c(F)c2F)c(F)c1F. The van der Waals surface area contributed by atoms with E-state index >= 15 is 0 Å². The van der Waals surface area contributed by atoms with Crippen LogP contribution in [0.4, 0.5) is 35.1 Å². The average molecular weight is 287 g/mol. The highest BCUT2D eigenvalue weighted by Gasteiger charge is 2.31. The molecule has 0 spiro atoms. The fourth-order valence-corrected chi connectivity index (χ4v) is 1.42. The molecule has 0 unspecified atom stereocenters. The van der Waals surface area contributed by atoms with Crippen LogP contribution in [-0.4, -0.2) is 4.98 Å². The largest absolute Gasteiger partial charge is 0.326 e. The monoisotopic (exact) mass is 287 g/mol. The molecular weight excluding hydrogens is 286 g/mol. The summed E-state index contributed by atoms with van der Waals surface area (Å²) in [5.41, 5.74) is -3.29. The molecule has 1 aromatic heterocycles. The predicted molar refractivity (Wildman–Crippen MR) is 45.9 cm³/mol. The molecule has 1 heterocycles. The lowest BCUT2D eigenvalue weighted by Gasteiger charge is -2.06. The minimum absolute atomic E-state index is 1.23. The highest BCUT2D eigenvalue weighted by atomic mass is 19.2. The lowest BCUT2D eigenvalue weighted by molar-refractivity contribution is 0.380. The van der Waals surface area contributed by atoms with Crippen molar-refractivity contribution < 1.29 is 35.1 Å². The normalized spacial score (nSPS) is 11.2. The molecule has 0 aliphatic rings. The Morgan fingerprint density at radius 2 is 0.895 bits per heavy atom. The van der Waals surface area contributed by atoms with Crippen LogP contribution in [0.2, 0.25) is 0 Å². The molecule has 2 rings (SSSR count). The zero-order valence-corrected chi connectivity index (χ0v) is 8.52. The van der Waals surface area contributed by atoms with Crippen LogP contribution in [-0.2, 0) is 0 Å². The van der Waals surface area contributed by atoms with Crippen LogP contribution in [0.5, 0.6) is 0 Å². The van der Waals surface area contributed by atoms with Crippen molar-refractivity contribution in [2.24, 2.45) is 0 Å². The van der Waals surface area contributed by atoms with E-state index in [0.717, 1.165) is 0 Å². The molecule has 0 saturated carbocycles. The van der Waals surface area contributed by atoms with Gasteiger partial charge in [0.2, 0.25) is 17.6 Å². The van der Waals surface area contributed by atoms with Crippen LogP contribution in [0, 0.1) is 46.7 Å². The lowest BCUT2D eigenvalue weighted by atomic mass is 10.1. The molecule has 0 saturated heterocycles. The van der Waals surface area contributed by atoms with Crippen LogP contribution in [0.1, 0.15) is 0 Å². The van der Waals surface area contributed by atoms with Gasteiger partial charge in [-0.2, -0.15) is 8.78 Å². The second-order valence-electron chi connectivity index (χ2n) is 3.39. The molecule has 0 bridgehead atoms. The Hall–Kier alpha value is -2.06. The molecular formula is C10HF8N. The summed E-state index contributed by atoms with van der Waals surface area (Å²) in [6, 6.07) is 0. The third kappa shape index (κ3) is 1.76. The summed E-state index contributed by atoms with van der Waals surface area (Å²) in [5, 5.41) is 0. The fraction of sp³-hybridized carbons (Fsp3) is 0. The van der Waals surface area contributed by atoms with E-state index < -0.39 is 57.9 Å². The molecule has 1 N–H and O–H groups in total. The second kappa shape index (κ2) is 4.25. The molecule has 1 nitrogen and oxygen atoms in total. The van der Waals surface area contributed by atoms with Gasteiger partial charge in [-0.05, 0) is 0 Å². The zero-order chi connectivity index (χ0) is 14.5. The summed E-state index contributed by atoms with van der Waals surface area (Å²) in [4.78, 5) is 1.23. The molecule has 0 atom stereocenters. The topological polar surface area (TPSA) is 15.8 Å². The summed E-state index contributed by atoms with van der Waals surface area (Å²) in [6.07, 6.45) is 0. The molecule has 102 valence electrons. The Morgan fingerprint density at radius 1 is 0.474 bits per heavy atom. The summed E-state index contributed by atoms with van der Waals surface area (Å²) in [7, 11) is 0. The molecule has 0 aliphatic heterocycles. The number of aromatic nitrogens is 1. The number of H-pyrrole nitrogens is 1. The minimum Gasteiger partial charge on any atom is -0.326 e. The standard InChI is InChI=1S/C10HF8N/c11-2-1(3(12)5(14)6(15)4(2)13)9-7(16)8(17)10(18)19-9/h19H. The van der Waals surface area contributed by atoms with Gasteiger partial charge >= 0.3 is 0 Å². The number of benzene rings is 1. The van der Waals surface area contributed by atoms with E-state index in [2.05, 4.69) is 0 Å². The summed E-state index contributed by atoms with van der Waals surface area (Å²) in [6.45, 7) is 0. The van der Waals surface area contributed by atoms with E-state index in [1.807, 2.05) is 0 Å². The minimum atomic E-state index is -2.47. The summed E-state index contributed by atoms with van der Waals surface area (Å²) >= 11 is 0. The number of rotatable bonds is 1. The lowest BCUT2D eigenvalue weighted by Crippen LogP contribution is -2.05. The number of hydrogen-bond donors (Lipinski definition) is 1. The van der Waals surface area contributed by atoms with Gasteiger partial charge in [0.15, 0.2) is 29.1 Å². The van der Waals surface area contributed by atoms with Crippen molar-refractivity contribution in [1.29, 1.82) is 0 Å². The number of hydrogen-bond acceptors (Lipinski definition) is 0. The van der Waals surface area contributed by atoms with Crippen molar-refractivity contribution in [3.8, 4) is 11.3 Å². The van der Waals surface area contributed by atoms with Gasteiger partial charge in [-0.25, -0.2) is 26.3 Å². The molecule has 0 aliphatic carbocycles. The van der Waals surface area contributed by atoms with Gasteiger partial charge in [-0.3, -0.25) is 0 Å². The van der Waals surface area contributed by atoms with Crippen molar-refractivity contribution in [1.82, 2.24) is 4.98 Å². The second-order valence-corrected chi connectivity index (χ2v) is 3.39. The van der Waals surface area contributed by atoms with Crippen LogP contribution in [0.25, 0.3) is 11.3 Å². The van der Waals surface area contributed by atoms with Crippen molar-refractivity contribution in [3.05, 3.63) is 46.7 Å². The highest BCUT2D eigenvalue weighted by Crippen LogP contribution is 2.33. The van der Waals surface area contributed by atoms with Crippen LogP contribution in [0.3, 0.4) is 0 Å². The van der Waals surface area contributed by atoms with E-state index in [4.69, 9.17) is 0 Å². The van der Waals surface area contributed by atoms with E-state index in [-0.39, 0.29) is 0 Å². The van der Waals surface area contributed by atoms with Crippen LogP contribution < -0.4 is 0 Å². The molecule has 0 fully saturated rings. The summed E-state index contributed by atoms with van der Waals surface area (Å²) in [5.74, 6) is -18.1. The van der Waals surface area contributed by atoms with Crippen molar-refractivity contribution in [3.63, 3.8) is 0 Å². The smallest absolute Gasteiger partial charge is 0.230 e. The van der Waals surface area contributed by atoms with Crippen molar-refractivity contribution in [2.45, 2.75) is 0 Å². The molecule has 0 radical (unpaired) electrons. The Balaban J connectivity index is 2.87. The first-order valence-corrected chi connectivity index (χ1v) is 4.51. The Morgan fingerprint density at radius 3 is 1.26 bits per heavy atom. The average Bonchev–Trinajstić information content (AvgIpc) is 2.62. The highest BCUT2D eigenvalue weighted by molar-refractivity contribution is 5.62.